The predicted molar refractivity (Wildman–Crippen MR) is 82.6 cm³/mol. The van der Waals surface area contributed by atoms with Crippen LogP contribution in [0.2, 0.25) is 0 Å². The summed E-state index contributed by atoms with van der Waals surface area (Å²) in [5, 5.41) is 3.72. The minimum absolute atomic E-state index is 0.274. The van der Waals surface area contributed by atoms with E-state index in [0.29, 0.717) is 24.2 Å². The van der Waals surface area contributed by atoms with Crippen molar-refractivity contribution in [3.8, 4) is 0 Å². The zero-order valence-electron chi connectivity index (χ0n) is 14.0. The highest BCUT2D eigenvalue weighted by Crippen LogP contribution is 2.42. The Morgan fingerprint density at radius 3 is 2.21 bits per heavy atom. The molecule has 1 aliphatic carbocycles. The number of hydrogen-bond donors (Lipinski definition) is 1. The van der Waals surface area contributed by atoms with E-state index in [-0.39, 0.29) is 5.41 Å². The topological polar surface area (TPSA) is 24.5 Å². The summed E-state index contributed by atoms with van der Waals surface area (Å²) in [6.07, 6.45) is 1.59. The van der Waals surface area contributed by atoms with E-state index in [1.165, 1.54) is 0 Å². The van der Waals surface area contributed by atoms with Gasteiger partial charge in [0.05, 0.1) is 6.10 Å². The van der Waals surface area contributed by atoms with Crippen molar-refractivity contribution >= 4 is 0 Å². The van der Waals surface area contributed by atoms with Crippen molar-refractivity contribution in [3.63, 3.8) is 0 Å². The average molecular weight is 270 g/mol. The molecule has 1 aliphatic rings. The molecule has 3 nitrogen and oxygen atoms in total. The molecule has 19 heavy (non-hydrogen) atoms. The van der Waals surface area contributed by atoms with E-state index < -0.39 is 0 Å². The molecule has 0 aromatic rings. The highest BCUT2D eigenvalue weighted by atomic mass is 16.5. The Kier molecular flexibility index (Phi) is 6.28. The normalized spacial score (nSPS) is 26.2. The van der Waals surface area contributed by atoms with Crippen molar-refractivity contribution in [3.05, 3.63) is 0 Å². The van der Waals surface area contributed by atoms with Gasteiger partial charge in [0.1, 0.15) is 0 Å². The third kappa shape index (κ3) is 4.17. The molecule has 114 valence electrons. The van der Waals surface area contributed by atoms with Crippen LogP contribution in [0.1, 0.15) is 54.9 Å². The molecule has 1 saturated carbocycles. The Balaban J connectivity index is 2.31. The number of nitrogens with one attached hydrogen (secondary N) is 1. The molecule has 1 rings (SSSR count). The first-order valence-corrected chi connectivity index (χ1v) is 7.91. The fraction of sp³-hybridized carbons (Fsp3) is 1.00. The zero-order chi connectivity index (χ0) is 14.6. The van der Waals surface area contributed by atoms with Crippen molar-refractivity contribution < 1.29 is 4.74 Å². The van der Waals surface area contributed by atoms with Crippen molar-refractivity contribution in [1.82, 2.24) is 10.2 Å². The van der Waals surface area contributed by atoms with E-state index in [2.05, 4.69) is 58.7 Å². The summed E-state index contributed by atoms with van der Waals surface area (Å²) in [5.41, 5.74) is 0.274. The first kappa shape index (κ1) is 16.9. The first-order chi connectivity index (χ1) is 8.80. The van der Waals surface area contributed by atoms with Crippen molar-refractivity contribution in [2.75, 3.05) is 19.7 Å². The molecule has 2 atom stereocenters. The Hall–Kier alpha value is -0.120. The molecule has 3 heteroatoms. The van der Waals surface area contributed by atoms with Gasteiger partial charge in [0.25, 0.3) is 0 Å². The van der Waals surface area contributed by atoms with Crippen molar-refractivity contribution in [2.24, 2.45) is 5.41 Å². The lowest BCUT2D eigenvalue weighted by Crippen LogP contribution is -2.61. The molecule has 0 aliphatic heterocycles. The minimum atomic E-state index is 0.274. The third-order valence-corrected chi connectivity index (χ3v) is 4.63. The van der Waals surface area contributed by atoms with Gasteiger partial charge < -0.3 is 10.1 Å². The second-order valence-corrected chi connectivity index (χ2v) is 6.93. The molecule has 0 bridgehead atoms. The molecule has 0 amide bonds. The maximum absolute atomic E-state index is 5.78. The summed E-state index contributed by atoms with van der Waals surface area (Å²) in [7, 11) is 0. The summed E-state index contributed by atoms with van der Waals surface area (Å²) in [6.45, 7) is 18.8. The minimum Gasteiger partial charge on any atom is -0.378 e. The maximum atomic E-state index is 5.78. The SMILES string of the molecule is CCOC1CC(NCCN(C(C)C)C(C)C)C1(C)C. The zero-order valence-corrected chi connectivity index (χ0v) is 14.0. The van der Waals surface area contributed by atoms with Gasteiger partial charge in [-0.25, -0.2) is 0 Å². The molecule has 1 fully saturated rings. The summed E-state index contributed by atoms with van der Waals surface area (Å²) >= 11 is 0. The molecule has 2 unspecified atom stereocenters. The Bertz CT molecular complexity index is 255. The van der Waals surface area contributed by atoms with Crippen molar-refractivity contribution in [2.45, 2.75) is 79.1 Å². The highest BCUT2D eigenvalue weighted by molar-refractivity contribution is 5.02. The monoisotopic (exact) mass is 270 g/mol. The highest BCUT2D eigenvalue weighted by Gasteiger charge is 2.48. The van der Waals surface area contributed by atoms with Gasteiger partial charge in [-0.05, 0) is 41.0 Å². The third-order valence-electron chi connectivity index (χ3n) is 4.63. The molecule has 0 aromatic carbocycles. The van der Waals surface area contributed by atoms with Crippen LogP contribution in [-0.4, -0.2) is 48.8 Å². The van der Waals surface area contributed by atoms with Crippen LogP contribution < -0.4 is 5.32 Å². The first-order valence-electron chi connectivity index (χ1n) is 7.91. The van der Waals surface area contributed by atoms with Gasteiger partial charge in [0.2, 0.25) is 0 Å². The van der Waals surface area contributed by atoms with E-state index in [9.17, 15) is 0 Å². The van der Waals surface area contributed by atoms with Gasteiger partial charge in [0, 0.05) is 43.2 Å². The van der Waals surface area contributed by atoms with Crippen LogP contribution in [-0.2, 0) is 4.74 Å². The van der Waals surface area contributed by atoms with E-state index in [4.69, 9.17) is 4.74 Å². The summed E-state index contributed by atoms with van der Waals surface area (Å²) < 4.78 is 5.78. The van der Waals surface area contributed by atoms with Gasteiger partial charge in [-0.3, -0.25) is 4.90 Å². The second-order valence-electron chi connectivity index (χ2n) is 6.93. The van der Waals surface area contributed by atoms with Crippen LogP contribution in [0, 0.1) is 5.41 Å². The Morgan fingerprint density at radius 1 is 1.21 bits per heavy atom. The standard InChI is InChI=1S/C16H34N2O/c1-8-19-15-11-14(16(15,6)7)17-9-10-18(12(2)3)13(4)5/h12-15,17H,8-11H2,1-7H3. The average Bonchev–Trinajstić information content (AvgIpc) is 2.30. The van der Waals surface area contributed by atoms with E-state index in [1.807, 2.05) is 0 Å². The molecule has 0 spiro atoms. The van der Waals surface area contributed by atoms with Crippen LogP contribution in [0.3, 0.4) is 0 Å². The molecule has 1 N–H and O–H groups in total. The molecule has 0 heterocycles. The number of nitrogens with zero attached hydrogens (tertiary/aromatic N) is 1. The van der Waals surface area contributed by atoms with E-state index in [0.717, 1.165) is 26.1 Å². The number of hydrogen-bond acceptors (Lipinski definition) is 3. The van der Waals surface area contributed by atoms with Crippen LogP contribution in [0.15, 0.2) is 0 Å². The number of rotatable bonds is 8. The lowest BCUT2D eigenvalue weighted by atomic mass is 9.64. The van der Waals surface area contributed by atoms with Crippen molar-refractivity contribution in [1.29, 1.82) is 0 Å². The molecule has 0 radical (unpaired) electrons. The van der Waals surface area contributed by atoms with Gasteiger partial charge in [-0.1, -0.05) is 13.8 Å². The van der Waals surface area contributed by atoms with Crippen LogP contribution >= 0.6 is 0 Å². The van der Waals surface area contributed by atoms with Gasteiger partial charge in [-0.15, -0.1) is 0 Å². The van der Waals surface area contributed by atoms with Gasteiger partial charge in [-0.2, -0.15) is 0 Å². The summed E-state index contributed by atoms with van der Waals surface area (Å²) in [6, 6.07) is 1.84. The maximum Gasteiger partial charge on any atom is 0.0655 e. The second kappa shape index (κ2) is 7.05. The molecule has 0 saturated heterocycles. The molecular formula is C16H34N2O. The Morgan fingerprint density at radius 2 is 1.79 bits per heavy atom. The summed E-state index contributed by atoms with van der Waals surface area (Å²) in [5.74, 6) is 0. The van der Waals surface area contributed by atoms with E-state index in [1.54, 1.807) is 0 Å². The smallest absolute Gasteiger partial charge is 0.0655 e. The fourth-order valence-electron chi connectivity index (χ4n) is 3.20. The molecule has 0 aromatic heterocycles. The number of ether oxygens (including phenoxy) is 1. The lowest BCUT2D eigenvalue weighted by molar-refractivity contribution is -0.114. The Labute approximate surface area is 120 Å². The van der Waals surface area contributed by atoms with Crippen LogP contribution in [0.25, 0.3) is 0 Å². The van der Waals surface area contributed by atoms with E-state index >= 15 is 0 Å². The lowest BCUT2D eigenvalue weighted by Gasteiger charge is -2.52. The van der Waals surface area contributed by atoms with Gasteiger partial charge in [0.15, 0.2) is 0 Å². The van der Waals surface area contributed by atoms with Crippen LogP contribution in [0.4, 0.5) is 0 Å². The quantitative estimate of drug-likeness (QED) is 0.734. The fourth-order valence-corrected chi connectivity index (χ4v) is 3.20. The largest absolute Gasteiger partial charge is 0.378 e. The van der Waals surface area contributed by atoms with Gasteiger partial charge >= 0.3 is 0 Å². The predicted octanol–water partition coefficient (Wildman–Crippen LogP) is 2.90. The molecular weight excluding hydrogens is 236 g/mol. The summed E-state index contributed by atoms with van der Waals surface area (Å²) in [4.78, 5) is 2.54. The van der Waals surface area contributed by atoms with Crippen LogP contribution in [0.5, 0.6) is 0 Å².